The summed E-state index contributed by atoms with van der Waals surface area (Å²) < 4.78 is 53.9. The van der Waals surface area contributed by atoms with Crippen LogP contribution in [0.2, 0.25) is 0 Å². The highest BCUT2D eigenvalue weighted by atomic mass is 19.2. The van der Waals surface area contributed by atoms with E-state index in [4.69, 9.17) is 9.47 Å². The zero-order chi connectivity index (χ0) is 22.2. The Labute approximate surface area is 183 Å². The molecular formula is C26H33F3O2. The first-order chi connectivity index (χ1) is 15.0. The first-order valence-corrected chi connectivity index (χ1v) is 11.5. The fourth-order valence-electron chi connectivity index (χ4n) is 4.37. The van der Waals surface area contributed by atoms with Gasteiger partial charge >= 0.3 is 0 Å². The number of hydrogen-bond donors (Lipinski definition) is 0. The number of hydrogen-bond acceptors (Lipinski definition) is 2. The van der Waals surface area contributed by atoms with Gasteiger partial charge in [-0.15, -0.1) is 0 Å². The Hall–Kier alpha value is -2.17. The minimum absolute atomic E-state index is 0.0134. The van der Waals surface area contributed by atoms with Gasteiger partial charge < -0.3 is 9.47 Å². The van der Waals surface area contributed by atoms with Crippen molar-refractivity contribution in [2.75, 3.05) is 13.2 Å². The van der Waals surface area contributed by atoms with Crippen molar-refractivity contribution in [1.82, 2.24) is 0 Å². The molecule has 1 aliphatic carbocycles. The Bertz CT molecular complexity index is 845. The summed E-state index contributed by atoms with van der Waals surface area (Å²) in [5, 5.41) is 0. The van der Waals surface area contributed by atoms with Crippen molar-refractivity contribution < 1.29 is 22.6 Å². The molecule has 3 rings (SSSR count). The molecule has 2 nitrogen and oxygen atoms in total. The first-order valence-electron chi connectivity index (χ1n) is 11.5. The Morgan fingerprint density at radius 3 is 2.26 bits per heavy atom. The number of rotatable bonds is 10. The zero-order valence-corrected chi connectivity index (χ0v) is 18.6. The molecule has 0 radical (unpaired) electrons. The van der Waals surface area contributed by atoms with Gasteiger partial charge in [-0.25, -0.2) is 8.78 Å². The van der Waals surface area contributed by atoms with E-state index in [1.165, 1.54) is 6.07 Å². The van der Waals surface area contributed by atoms with Crippen LogP contribution >= 0.6 is 0 Å². The number of ether oxygens (including phenoxy) is 2. The minimum Gasteiger partial charge on any atom is -0.491 e. The normalized spacial score (nSPS) is 18.7. The largest absolute Gasteiger partial charge is 0.491 e. The van der Waals surface area contributed by atoms with E-state index in [9.17, 15) is 13.2 Å². The molecule has 1 saturated carbocycles. The molecule has 0 spiro atoms. The highest BCUT2D eigenvalue weighted by molar-refractivity contribution is 5.33. The Morgan fingerprint density at radius 2 is 1.58 bits per heavy atom. The predicted octanol–water partition coefficient (Wildman–Crippen LogP) is 7.59. The highest BCUT2D eigenvalue weighted by Crippen LogP contribution is 2.39. The van der Waals surface area contributed by atoms with Gasteiger partial charge in [0, 0.05) is 0 Å². The maximum absolute atomic E-state index is 14.5. The van der Waals surface area contributed by atoms with Crippen molar-refractivity contribution in [3.63, 3.8) is 0 Å². The van der Waals surface area contributed by atoms with Crippen LogP contribution in [-0.4, -0.2) is 13.2 Å². The Morgan fingerprint density at radius 1 is 0.839 bits per heavy atom. The van der Waals surface area contributed by atoms with Gasteiger partial charge in [0.25, 0.3) is 0 Å². The third-order valence-corrected chi connectivity index (χ3v) is 6.20. The lowest BCUT2D eigenvalue weighted by Gasteiger charge is -2.29. The van der Waals surface area contributed by atoms with Crippen LogP contribution in [0.4, 0.5) is 13.2 Å². The third kappa shape index (κ3) is 6.18. The van der Waals surface area contributed by atoms with E-state index in [1.54, 1.807) is 25.1 Å². The van der Waals surface area contributed by atoms with E-state index < -0.39 is 11.6 Å². The van der Waals surface area contributed by atoms with Gasteiger partial charge in [-0.1, -0.05) is 31.9 Å². The summed E-state index contributed by atoms with van der Waals surface area (Å²) in [6, 6.07) is 8.39. The minimum atomic E-state index is -0.904. The second kappa shape index (κ2) is 11.4. The van der Waals surface area contributed by atoms with E-state index in [2.05, 4.69) is 6.92 Å². The van der Waals surface area contributed by atoms with Crippen molar-refractivity contribution >= 4 is 0 Å². The summed E-state index contributed by atoms with van der Waals surface area (Å²) in [7, 11) is 0. The van der Waals surface area contributed by atoms with Crippen LogP contribution < -0.4 is 9.47 Å². The van der Waals surface area contributed by atoms with Crippen molar-refractivity contribution in [2.24, 2.45) is 5.92 Å². The van der Waals surface area contributed by atoms with Gasteiger partial charge in [-0.2, -0.15) is 4.39 Å². The molecule has 0 amide bonds. The molecule has 0 unspecified atom stereocenters. The summed E-state index contributed by atoms with van der Waals surface area (Å²) in [6.45, 7) is 4.63. The molecule has 0 heterocycles. The van der Waals surface area contributed by atoms with E-state index in [1.807, 2.05) is 6.07 Å². The molecule has 0 saturated heterocycles. The van der Waals surface area contributed by atoms with E-state index in [0.29, 0.717) is 24.5 Å². The maximum Gasteiger partial charge on any atom is 0.200 e. The van der Waals surface area contributed by atoms with Crippen LogP contribution in [0.25, 0.3) is 0 Å². The summed E-state index contributed by atoms with van der Waals surface area (Å²) in [6.07, 6.45) is 7.46. The number of unbranched alkanes of at least 4 members (excludes halogenated alkanes) is 2. The SMILES string of the molecule is CCCCCc1ccc(OCC2CCC(c3ccc(OCC)c(F)c3F)CC2)c(F)c1. The Balaban J connectivity index is 1.50. The van der Waals surface area contributed by atoms with Gasteiger partial charge in [-0.05, 0) is 86.6 Å². The molecule has 1 aliphatic rings. The smallest absolute Gasteiger partial charge is 0.200 e. The molecule has 0 bridgehead atoms. The molecular weight excluding hydrogens is 401 g/mol. The lowest BCUT2D eigenvalue weighted by molar-refractivity contribution is 0.193. The number of benzene rings is 2. The fourth-order valence-corrected chi connectivity index (χ4v) is 4.37. The second-order valence-electron chi connectivity index (χ2n) is 8.46. The molecule has 2 aromatic carbocycles. The molecule has 5 heteroatoms. The number of aryl methyl sites for hydroxylation is 1. The average molecular weight is 435 g/mol. The van der Waals surface area contributed by atoms with Crippen molar-refractivity contribution in [3.8, 4) is 11.5 Å². The summed E-state index contributed by atoms with van der Waals surface area (Å²) >= 11 is 0. The van der Waals surface area contributed by atoms with E-state index in [0.717, 1.165) is 56.9 Å². The molecule has 2 aromatic rings. The lowest BCUT2D eigenvalue weighted by atomic mass is 9.79. The molecule has 0 N–H and O–H groups in total. The molecule has 1 fully saturated rings. The van der Waals surface area contributed by atoms with Crippen LogP contribution in [0.1, 0.15) is 75.8 Å². The molecule has 170 valence electrons. The molecule has 0 aliphatic heterocycles. The monoisotopic (exact) mass is 434 g/mol. The summed E-state index contributed by atoms with van der Waals surface area (Å²) in [5.41, 5.74) is 1.42. The standard InChI is InChI=1S/C26H33F3O2/c1-3-5-6-7-18-10-14-23(22(27)16-18)31-17-19-8-11-20(12-9-19)21-13-15-24(30-4-2)26(29)25(21)28/h10,13-16,19-20H,3-9,11-12,17H2,1-2H3. The van der Waals surface area contributed by atoms with Crippen LogP contribution in [-0.2, 0) is 6.42 Å². The average Bonchev–Trinajstić information content (AvgIpc) is 2.77. The Kier molecular flexibility index (Phi) is 8.68. The summed E-state index contributed by atoms with van der Waals surface area (Å²) in [5.74, 6) is -1.49. The van der Waals surface area contributed by atoms with Crippen LogP contribution in [0.15, 0.2) is 30.3 Å². The van der Waals surface area contributed by atoms with E-state index in [-0.39, 0.29) is 23.4 Å². The van der Waals surface area contributed by atoms with Gasteiger partial charge in [-0.3, -0.25) is 0 Å². The molecule has 31 heavy (non-hydrogen) atoms. The quantitative estimate of drug-likeness (QED) is 0.359. The highest BCUT2D eigenvalue weighted by Gasteiger charge is 2.27. The van der Waals surface area contributed by atoms with Crippen molar-refractivity contribution in [3.05, 3.63) is 58.9 Å². The van der Waals surface area contributed by atoms with Gasteiger partial charge in [0.15, 0.2) is 23.1 Å². The first kappa shape index (κ1) is 23.5. The molecule has 0 aromatic heterocycles. The van der Waals surface area contributed by atoms with Gasteiger partial charge in [0.05, 0.1) is 13.2 Å². The van der Waals surface area contributed by atoms with Crippen molar-refractivity contribution in [1.29, 1.82) is 0 Å². The fraction of sp³-hybridized carbons (Fsp3) is 0.538. The van der Waals surface area contributed by atoms with Crippen LogP contribution in [0.5, 0.6) is 11.5 Å². The van der Waals surface area contributed by atoms with Crippen LogP contribution in [0.3, 0.4) is 0 Å². The summed E-state index contributed by atoms with van der Waals surface area (Å²) in [4.78, 5) is 0. The predicted molar refractivity (Wildman–Crippen MR) is 117 cm³/mol. The van der Waals surface area contributed by atoms with Crippen LogP contribution in [0, 0.1) is 23.4 Å². The molecule has 0 atom stereocenters. The number of halogens is 3. The van der Waals surface area contributed by atoms with Gasteiger partial charge in [0.2, 0.25) is 5.82 Å². The van der Waals surface area contributed by atoms with E-state index >= 15 is 0 Å². The zero-order valence-electron chi connectivity index (χ0n) is 18.6. The lowest BCUT2D eigenvalue weighted by Crippen LogP contribution is -2.20. The van der Waals surface area contributed by atoms with Gasteiger partial charge in [0.1, 0.15) is 0 Å². The second-order valence-corrected chi connectivity index (χ2v) is 8.46. The maximum atomic E-state index is 14.5. The topological polar surface area (TPSA) is 18.5 Å². The third-order valence-electron chi connectivity index (χ3n) is 6.20. The van der Waals surface area contributed by atoms with Crippen molar-refractivity contribution in [2.45, 2.75) is 71.1 Å².